The number of anilines is 1. The van der Waals surface area contributed by atoms with E-state index in [-0.39, 0.29) is 29.5 Å². The highest BCUT2D eigenvalue weighted by Crippen LogP contribution is 2.44. The Labute approximate surface area is 178 Å². The van der Waals surface area contributed by atoms with Crippen LogP contribution in [0.15, 0.2) is 59.5 Å². The molecule has 0 unspecified atom stereocenters. The van der Waals surface area contributed by atoms with Crippen molar-refractivity contribution >= 4 is 33.8 Å². The summed E-state index contributed by atoms with van der Waals surface area (Å²) >= 11 is 0. The Morgan fingerprint density at radius 2 is 1.90 bits per heavy atom. The van der Waals surface area contributed by atoms with Gasteiger partial charge in [-0.05, 0) is 55.1 Å². The molecule has 4 rings (SSSR count). The van der Waals surface area contributed by atoms with Crippen LogP contribution in [0.4, 0.5) is 5.69 Å². The van der Waals surface area contributed by atoms with Gasteiger partial charge in [-0.25, -0.2) is 8.42 Å². The second-order valence-electron chi connectivity index (χ2n) is 7.96. The molecule has 2 fully saturated rings. The van der Waals surface area contributed by atoms with Gasteiger partial charge in [0.05, 0.1) is 16.1 Å². The summed E-state index contributed by atoms with van der Waals surface area (Å²) in [6.45, 7) is 1.63. The fourth-order valence-corrected chi connectivity index (χ4v) is 5.97. The molecule has 1 saturated carbocycles. The minimum atomic E-state index is -3.42. The third-order valence-corrected chi connectivity index (χ3v) is 7.84. The van der Waals surface area contributed by atoms with Crippen LogP contribution in [0.25, 0.3) is 0 Å². The fraction of sp³-hybridized carbons (Fsp3) is 0.409. The van der Waals surface area contributed by atoms with Crippen LogP contribution in [0.5, 0.6) is 0 Å². The monoisotopic (exact) mass is 434 g/mol. The minimum Gasteiger partial charge on any atom is -0.326 e. The molecule has 1 heterocycles. The number of fused-ring (bicyclic) bond motifs is 1. The first-order valence-electron chi connectivity index (χ1n) is 9.89. The molecule has 2 aromatic rings. The molecular formula is C22H27ClN2O3S. The van der Waals surface area contributed by atoms with E-state index in [1.54, 1.807) is 48.5 Å². The largest absolute Gasteiger partial charge is 0.326 e. The smallest absolute Gasteiger partial charge is 0.232 e. The van der Waals surface area contributed by atoms with Gasteiger partial charge in [-0.3, -0.25) is 4.79 Å². The van der Waals surface area contributed by atoms with Crippen molar-refractivity contribution in [3.8, 4) is 0 Å². The van der Waals surface area contributed by atoms with Crippen LogP contribution in [0.3, 0.4) is 0 Å². The molecule has 2 aliphatic rings. The van der Waals surface area contributed by atoms with E-state index in [2.05, 4.69) is 10.6 Å². The van der Waals surface area contributed by atoms with Crippen molar-refractivity contribution < 1.29 is 13.2 Å². The van der Waals surface area contributed by atoms with Gasteiger partial charge in [0.25, 0.3) is 0 Å². The molecule has 29 heavy (non-hydrogen) atoms. The van der Waals surface area contributed by atoms with Crippen LogP contribution in [-0.4, -0.2) is 27.4 Å². The first-order chi connectivity index (χ1) is 13.5. The van der Waals surface area contributed by atoms with E-state index < -0.39 is 9.84 Å². The normalized spacial score (nSPS) is 23.7. The van der Waals surface area contributed by atoms with Gasteiger partial charge < -0.3 is 10.6 Å². The molecular weight excluding hydrogens is 408 g/mol. The lowest BCUT2D eigenvalue weighted by Crippen LogP contribution is -2.44. The lowest BCUT2D eigenvalue weighted by molar-refractivity contribution is -0.128. The molecule has 0 spiro atoms. The summed E-state index contributed by atoms with van der Waals surface area (Å²) in [7, 11) is -3.42. The standard InChI is InChI=1S/C22H26N2O3S.ClH/c25-21(22-12-5-4-8-18(22)14-23-16-22)24-19-9-6-7-17(13-19)15-28(26,27)20-10-2-1-3-11-20;/h1-3,6-7,9-11,13,18,23H,4-5,8,12,14-16H2,(H,24,25);1H/t18-,22+;/m0./s1. The summed E-state index contributed by atoms with van der Waals surface area (Å²) in [5, 5.41) is 6.46. The lowest BCUT2D eigenvalue weighted by Gasteiger charge is -2.37. The van der Waals surface area contributed by atoms with Gasteiger partial charge in [0.2, 0.25) is 5.91 Å². The summed E-state index contributed by atoms with van der Waals surface area (Å²) in [5.74, 6) is 0.365. The molecule has 1 amide bonds. The predicted molar refractivity (Wildman–Crippen MR) is 117 cm³/mol. The third-order valence-electron chi connectivity index (χ3n) is 6.13. The number of carbonyl (C=O) groups is 1. The molecule has 2 atom stereocenters. The number of amides is 1. The maximum absolute atomic E-state index is 13.1. The van der Waals surface area contributed by atoms with Crippen LogP contribution in [-0.2, 0) is 20.4 Å². The van der Waals surface area contributed by atoms with Gasteiger partial charge in [0.1, 0.15) is 0 Å². The van der Waals surface area contributed by atoms with E-state index in [1.165, 1.54) is 6.42 Å². The maximum Gasteiger partial charge on any atom is 0.232 e. The van der Waals surface area contributed by atoms with E-state index in [1.807, 2.05) is 6.07 Å². The molecule has 1 saturated heterocycles. The molecule has 0 aromatic heterocycles. The lowest BCUT2D eigenvalue weighted by atomic mass is 9.67. The van der Waals surface area contributed by atoms with Crippen molar-refractivity contribution in [3.63, 3.8) is 0 Å². The number of rotatable bonds is 5. The van der Waals surface area contributed by atoms with Gasteiger partial charge in [0, 0.05) is 12.2 Å². The van der Waals surface area contributed by atoms with E-state index in [4.69, 9.17) is 0 Å². The second-order valence-corrected chi connectivity index (χ2v) is 9.95. The maximum atomic E-state index is 13.1. The molecule has 0 bridgehead atoms. The van der Waals surface area contributed by atoms with Crippen LogP contribution < -0.4 is 10.6 Å². The van der Waals surface area contributed by atoms with Crippen LogP contribution in [0.1, 0.15) is 31.2 Å². The minimum absolute atomic E-state index is 0. The van der Waals surface area contributed by atoms with Crippen LogP contribution in [0, 0.1) is 11.3 Å². The SMILES string of the molecule is Cl.O=C(Nc1cccc(CS(=O)(=O)c2ccccc2)c1)[C@@]12CCCC[C@H]1CNC2. The number of nitrogens with one attached hydrogen (secondary N) is 2. The number of benzene rings is 2. The Morgan fingerprint density at radius 1 is 1.10 bits per heavy atom. The summed E-state index contributed by atoms with van der Waals surface area (Å²) in [6, 6.07) is 15.6. The van der Waals surface area contributed by atoms with Crippen molar-refractivity contribution in [1.29, 1.82) is 0 Å². The van der Waals surface area contributed by atoms with Crippen LogP contribution >= 0.6 is 12.4 Å². The number of carbonyl (C=O) groups excluding carboxylic acids is 1. The zero-order chi connectivity index (χ0) is 19.6. The number of hydrogen-bond donors (Lipinski definition) is 2. The molecule has 5 nitrogen and oxygen atoms in total. The van der Waals surface area contributed by atoms with E-state index in [9.17, 15) is 13.2 Å². The topological polar surface area (TPSA) is 75.3 Å². The number of sulfone groups is 1. The van der Waals surface area contributed by atoms with Crippen LogP contribution in [0.2, 0.25) is 0 Å². The highest BCUT2D eigenvalue weighted by atomic mass is 35.5. The van der Waals surface area contributed by atoms with Crippen molar-refractivity contribution in [2.75, 3.05) is 18.4 Å². The summed E-state index contributed by atoms with van der Waals surface area (Å²) in [6.07, 6.45) is 4.28. The molecule has 2 aromatic carbocycles. The average molecular weight is 435 g/mol. The average Bonchev–Trinajstić information content (AvgIpc) is 3.14. The molecule has 0 radical (unpaired) electrons. The molecule has 7 heteroatoms. The van der Waals surface area contributed by atoms with E-state index >= 15 is 0 Å². The highest BCUT2D eigenvalue weighted by Gasteiger charge is 2.49. The number of halogens is 1. The Hall–Kier alpha value is -1.89. The zero-order valence-electron chi connectivity index (χ0n) is 16.3. The molecule has 2 N–H and O–H groups in total. The van der Waals surface area contributed by atoms with Crippen molar-refractivity contribution in [1.82, 2.24) is 5.32 Å². The predicted octanol–water partition coefficient (Wildman–Crippen LogP) is 3.80. The van der Waals surface area contributed by atoms with E-state index in [0.29, 0.717) is 22.1 Å². The van der Waals surface area contributed by atoms with Gasteiger partial charge in [-0.15, -0.1) is 12.4 Å². The van der Waals surface area contributed by atoms with E-state index in [0.717, 1.165) is 32.4 Å². The first-order valence-corrected chi connectivity index (χ1v) is 11.5. The van der Waals surface area contributed by atoms with Crippen molar-refractivity contribution in [3.05, 3.63) is 60.2 Å². The Kier molecular flexibility index (Phi) is 6.66. The van der Waals surface area contributed by atoms with Crippen molar-refractivity contribution in [2.45, 2.75) is 36.3 Å². The first kappa shape index (κ1) is 21.8. The molecule has 1 aliphatic carbocycles. The summed E-state index contributed by atoms with van der Waals surface area (Å²) < 4.78 is 25.3. The quantitative estimate of drug-likeness (QED) is 0.750. The molecule has 156 valence electrons. The molecule has 1 aliphatic heterocycles. The summed E-state index contributed by atoms with van der Waals surface area (Å²) in [4.78, 5) is 13.4. The fourth-order valence-electron chi connectivity index (χ4n) is 4.62. The Balaban J connectivity index is 0.00000240. The highest BCUT2D eigenvalue weighted by molar-refractivity contribution is 7.90. The second kappa shape index (κ2) is 8.86. The Morgan fingerprint density at radius 3 is 2.69 bits per heavy atom. The van der Waals surface area contributed by atoms with Crippen molar-refractivity contribution in [2.24, 2.45) is 11.3 Å². The van der Waals surface area contributed by atoms with Gasteiger partial charge in [-0.1, -0.05) is 43.2 Å². The van der Waals surface area contributed by atoms with Gasteiger partial charge in [0.15, 0.2) is 9.84 Å². The summed E-state index contributed by atoms with van der Waals surface area (Å²) in [5.41, 5.74) is 1.00. The third kappa shape index (κ3) is 4.49. The zero-order valence-corrected chi connectivity index (χ0v) is 17.9. The number of hydrogen-bond acceptors (Lipinski definition) is 4. The van der Waals surface area contributed by atoms with Gasteiger partial charge in [-0.2, -0.15) is 0 Å². The van der Waals surface area contributed by atoms with Gasteiger partial charge >= 0.3 is 0 Å². The Bertz CT molecular complexity index is 965.